The fourth-order valence-electron chi connectivity index (χ4n) is 7.83. The minimum Gasteiger partial charge on any atom is -0.382 e. The molecule has 5 fully saturated rings. The quantitative estimate of drug-likeness (QED) is 0.278. The molecule has 4 aliphatic carbocycles. The lowest BCUT2D eigenvalue weighted by Gasteiger charge is -2.34. The van der Waals surface area contributed by atoms with Gasteiger partial charge >= 0.3 is 0 Å². The highest BCUT2D eigenvalue weighted by atomic mass is 16.5. The maximum absolute atomic E-state index is 13.5. The predicted octanol–water partition coefficient (Wildman–Crippen LogP) is 2.30. The van der Waals surface area contributed by atoms with Crippen LogP contribution < -0.4 is 21.5 Å². The number of piperidine rings is 1. The van der Waals surface area contributed by atoms with Crippen molar-refractivity contribution in [1.29, 1.82) is 0 Å². The third-order valence-electron chi connectivity index (χ3n) is 9.27. The molecule has 2 aromatic rings. The number of hydrogen-bond donors (Lipinski definition) is 3. The second-order valence-electron chi connectivity index (χ2n) is 11.8. The standard InChI is InChI=1S/C29H39N5O5/c1-18-32-23-4-2-3-22(26(23)28(37)34(18)24-5-6-25(35)33-27(24)36)30-7-9-38-11-12-39-10-8-31-29-16-19-13-20(17-29)15-21(29)14-19/h2-4,19-21,24,30-31H,5-17H2,1H3,(H,33,35,36). The van der Waals surface area contributed by atoms with Crippen LogP contribution in [0.5, 0.6) is 0 Å². The van der Waals surface area contributed by atoms with E-state index in [1.54, 1.807) is 13.0 Å². The summed E-state index contributed by atoms with van der Waals surface area (Å²) in [5.41, 5.74) is 1.31. The van der Waals surface area contributed by atoms with Crippen molar-refractivity contribution in [3.8, 4) is 0 Å². The number of anilines is 1. The lowest BCUT2D eigenvalue weighted by Crippen LogP contribution is -2.47. The topological polar surface area (TPSA) is 124 Å². The molecule has 1 saturated heterocycles. The van der Waals surface area contributed by atoms with Crippen molar-refractivity contribution in [3.63, 3.8) is 0 Å². The fraction of sp³-hybridized carbons (Fsp3) is 0.655. The normalized spacial score (nSPS) is 29.4. The van der Waals surface area contributed by atoms with Crippen molar-refractivity contribution in [2.75, 3.05) is 44.8 Å². The van der Waals surface area contributed by atoms with Crippen molar-refractivity contribution >= 4 is 28.4 Å². The van der Waals surface area contributed by atoms with Crippen LogP contribution in [0, 0.1) is 24.7 Å². The molecule has 3 unspecified atom stereocenters. The van der Waals surface area contributed by atoms with Gasteiger partial charge in [-0.25, -0.2) is 4.98 Å². The number of benzene rings is 1. The SMILES string of the molecule is Cc1nc2cccc(NCCOCCOCCNC34CC5CC(CC3C5)C4)c2c(=O)n1C1CCC(=O)NC1=O. The number of imide groups is 1. The lowest BCUT2D eigenvalue weighted by molar-refractivity contribution is -0.135. The maximum Gasteiger partial charge on any atom is 0.264 e. The van der Waals surface area contributed by atoms with Crippen LogP contribution in [0.1, 0.15) is 56.8 Å². The van der Waals surface area contributed by atoms with Gasteiger partial charge in [0.2, 0.25) is 11.8 Å². The van der Waals surface area contributed by atoms with Crippen LogP contribution in [-0.4, -0.2) is 66.4 Å². The number of nitrogens with one attached hydrogen (secondary N) is 3. The molecule has 2 heterocycles. The number of amides is 2. The minimum atomic E-state index is -0.748. The Bertz CT molecular complexity index is 1290. The molecule has 4 bridgehead atoms. The van der Waals surface area contributed by atoms with E-state index < -0.39 is 11.9 Å². The number of hydrogen-bond acceptors (Lipinski definition) is 8. The highest BCUT2D eigenvalue weighted by molar-refractivity contribution is 5.99. The van der Waals surface area contributed by atoms with Gasteiger partial charge in [0.05, 0.1) is 37.3 Å². The molecule has 2 amide bonds. The Balaban J connectivity index is 0.950. The molecule has 1 aliphatic heterocycles. The number of carbonyl (C=O) groups is 2. The van der Waals surface area contributed by atoms with Gasteiger partial charge in [0, 0.05) is 30.7 Å². The second kappa shape index (κ2) is 11.0. The van der Waals surface area contributed by atoms with Gasteiger partial charge in [-0.05, 0) is 75.3 Å². The van der Waals surface area contributed by atoms with Crippen LogP contribution in [0.3, 0.4) is 0 Å². The van der Waals surface area contributed by atoms with Gasteiger partial charge < -0.3 is 20.1 Å². The van der Waals surface area contributed by atoms with E-state index in [1.165, 1.54) is 36.7 Å². The largest absolute Gasteiger partial charge is 0.382 e. The first kappa shape index (κ1) is 26.4. The summed E-state index contributed by atoms with van der Waals surface area (Å²) in [4.78, 5) is 42.1. The summed E-state index contributed by atoms with van der Waals surface area (Å²) in [6, 6.07) is 4.71. The van der Waals surface area contributed by atoms with E-state index in [9.17, 15) is 14.4 Å². The highest BCUT2D eigenvalue weighted by Gasteiger charge is 2.57. The third kappa shape index (κ3) is 5.21. The molecule has 5 aliphatic rings. The zero-order valence-electron chi connectivity index (χ0n) is 22.7. The molecule has 3 N–H and O–H groups in total. The van der Waals surface area contributed by atoms with Crippen LogP contribution in [0.2, 0.25) is 0 Å². The van der Waals surface area contributed by atoms with Crippen molar-refractivity contribution in [1.82, 2.24) is 20.2 Å². The Hall–Kier alpha value is -2.82. The number of aromatic nitrogens is 2. The van der Waals surface area contributed by atoms with Crippen molar-refractivity contribution in [3.05, 3.63) is 34.4 Å². The van der Waals surface area contributed by atoms with Crippen molar-refractivity contribution < 1.29 is 19.1 Å². The summed E-state index contributed by atoms with van der Waals surface area (Å²) < 4.78 is 12.9. The fourth-order valence-corrected chi connectivity index (χ4v) is 7.83. The second-order valence-corrected chi connectivity index (χ2v) is 11.8. The van der Waals surface area contributed by atoms with Gasteiger partial charge in [0.1, 0.15) is 11.9 Å². The van der Waals surface area contributed by atoms with E-state index in [4.69, 9.17) is 9.47 Å². The molecule has 3 atom stereocenters. The van der Waals surface area contributed by atoms with Gasteiger partial charge in [0.25, 0.3) is 5.56 Å². The van der Waals surface area contributed by atoms with Gasteiger partial charge in [-0.15, -0.1) is 0 Å². The molecular formula is C29H39N5O5. The first-order valence-electron chi connectivity index (χ1n) is 14.4. The smallest absolute Gasteiger partial charge is 0.264 e. The Labute approximate surface area is 228 Å². The first-order chi connectivity index (χ1) is 18.9. The number of fused-ring (bicyclic) bond motifs is 1. The van der Waals surface area contributed by atoms with Gasteiger partial charge in [-0.2, -0.15) is 0 Å². The van der Waals surface area contributed by atoms with Crippen LogP contribution in [-0.2, 0) is 19.1 Å². The number of rotatable bonds is 12. The lowest BCUT2D eigenvalue weighted by atomic mass is 9.80. The first-order valence-corrected chi connectivity index (χ1v) is 14.4. The van der Waals surface area contributed by atoms with E-state index in [-0.39, 0.29) is 24.3 Å². The summed E-state index contributed by atoms with van der Waals surface area (Å²) in [5.74, 6) is 2.46. The zero-order chi connectivity index (χ0) is 27.0. The highest BCUT2D eigenvalue weighted by Crippen LogP contribution is 2.60. The zero-order valence-corrected chi connectivity index (χ0v) is 22.7. The summed E-state index contributed by atoms with van der Waals surface area (Å²) in [6.45, 7) is 5.36. The number of ether oxygens (including phenoxy) is 2. The van der Waals surface area contributed by atoms with Crippen LogP contribution in [0.25, 0.3) is 10.9 Å². The average molecular weight is 538 g/mol. The molecule has 7 rings (SSSR count). The average Bonchev–Trinajstić information content (AvgIpc) is 3.29. The van der Waals surface area contributed by atoms with Crippen LogP contribution in [0.15, 0.2) is 23.0 Å². The van der Waals surface area contributed by atoms with Gasteiger partial charge in [0.15, 0.2) is 0 Å². The molecule has 0 spiro atoms. The number of carbonyl (C=O) groups excluding carboxylic acids is 2. The molecule has 10 heteroatoms. The number of nitrogens with zero attached hydrogens (tertiary/aromatic N) is 2. The Kier molecular flexibility index (Phi) is 7.43. The molecule has 1 aromatic heterocycles. The maximum atomic E-state index is 13.5. The molecule has 210 valence electrons. The molecule has 39 heavy (non-hydrogen) atoms. The van der Waals surface area contributed by atoms with E-state index in [0.717, 1.165) is 24.3 Å². The molecule has 4 saturated carbocycles. The summed E-state index contributed by atoms with van der Waals surface area (Å²) >= 11 is 0. The molecular weight excluding hydrogens is 498 g/mol. The minimum absolute atomic E-state index is 0.194. The molecule has 1 aromatic carbocycles. The monoisotopic (exact) mass is 537 g/mol. The van der Waals surface area contributed by atoms with E-state index in [2.05, 4.69) is 20.9 Å². The van der Waals surface area contributed by atoms with Gasteiger partial charge in [-0.1, -0.05) is 6.07 Å². The Morgan fingerprint density at radius 3 is 2.51 bits per heavy atom. The predicted molar refractivity (Wildman–Crippen MR) is 147 cm³/mol. The van der Waals surface area contributed by atoms with Crippen molar-refractivity contribution in [2.45, 2.75) is 63.5 Å². The molecule has 0 radical (unpaired) electrons. The third-order valence-corrected chi connectivity index (χ3v) is 9.27. The van der Waals surface area contributed by atoms with Crippen molar-refractivity contribution in [2.24, 2.45) is 17.8 Å². The van der Waals surface area contributed by atoms with E-state index in [1.807, 2.05) is 12.1 Å². The summed E-state index contributed by atoms with van der Waals surface area (Å²) in [6.07, 6.45) is 7.51. The van der Waals surface area contributed by atoms with E-state index in [0.29, 0.717) is 60.9 Å². The van der Waals surface area contributed by atoms with Crippen LogP contribution in [0.4, 0.5) is 5.69 Å². The summed E-state index contributed by atoms with van der Waals surface area (Å²) in [5, 5.41) is 9.89. The summed E-state index contributed by atoms with van der Waals surface area (Å²) in [7, 11) is 0. The number of aryl methyl sites for hydroxylation is 1. The Morgan fingerprint density at radius 2 is 1.77 bits per heavy atom. The van der Waals surface area contributed by atoms with Gasteiger partial charge in [-0.3, -0.25) is 24.3 Å². The van der Waals surface area contributed by atoms with Crippen LogP contribution >= 0.6 is 0 Å². The Morgan fingerprint density at radius 1 is 1.03 bits per heavy atom. The van der Waals surface area contributed by atoms with E-state index >= 15 is 0 Å². The molecule has 10 nitrogen and oxygen atoms in total.